The summed E-state index contributed by atoms with van der Waals surface area (Å²) in [6.45, 7) is 0. The van der Waals surface area contributed by atoms with Crippen LogP contribution in [0.15, 0.2) is 54.6 Å². The van der Waals surface area contributed by atoms with Crippen molar-refractivity contribution in [1.29, 1.82) is 0 Å². The molecule has 1 heterocycles. The summed E-state index contributed by atoms with van der Waals surface area (Å²) in [6.07, 6.45) is 0. The first-order chi connectivity index (χ1) is 13.0. The third kappa shape index (κ3) is 2.10. The molecule has 0 amide bonds. The lowest BCUT2D eigenvalue weighted by atomic mass is 9.82. The van der Waals surface area contributed by atoms with E-state index in [9.17, 15) is 19.8 Å². The van der Waals surface area contributed by atoms with E-state index in [1.165, 1.54) is 24.3 Å². The number of imidazole rings is 1. The molecule has 0 aliphatic heterocycles. The van der Waals surface area contributed by atoms with Crippen LogP contribution in [0.2, 0.25) is 0 Å². The first-order valence-corrected chi connectivity index (χ1v) is 8.28. The van der Waals surface area contributed by atoms with Crippen molar-refractivity contribution in [3.8, 4) is 22.9 Å². The zero-order chi connectivity index (χ0) is 18.7. The van der Waals surface area contributed by atoms with Gasteiger partial charge in [-0.25, -0.2) is 4.98 Å². The van der Waals surface area contributed by atoms with Gasteiger partial charge >= 0.3 is 0 Å². The van der Waals surface area contributed by atoms with E-state index in [1.807, 2.05) is 24.3 Å². The number of hydrogen-bond donors (Lipinski definition) is 3. The van der Waals surface area contributed by atoms with Crippen LogP contribution in [-0.2, 0) is 0 Å². The van der Waals surface area contributed by atoms with E-state index in [-0.39, 0.29) is 33.8 Å². The van der Waals surface area contributed by atoms with Crippen LogP contribution in [0.1, 0.15) is 31.8 Å². The number of aromatic nitrogens is 2. The molecule has 0 radical (unpaired) electrons. The summed E-state index contributed by atoms with van der Waals surface area (Å²) in [5.74, 6) is -1.13. The Balaban J connectivity index is 1.74. The maximum atomic E-state index is 12.9. The molecule has 3 N–H and O–H groups in total. The molecule has 0 saturated carbocycles. The third-order valence-electron chi connectivity index (χ3n) is 4.77. The average molecular weight is 356 g/mol. The Hall–Kier alpha value is -3.93. The van der Waals surface area contributed by atoms with Gasteiger partial charge in [-0.2, -0.15) is 0 Å². The molecule has 27 heavy (non-hydrogen) atoms. The number of phenolic OH excluding ortho intramolecular Hbond substituents is 2. The molecule has 6 nitrogen and oxygen atoms in total. The summed E-state index contributed by atoms with van der Waals surface area (Å²) in [5.41, 5.74) is 2.09. The van der Waals surface area contributed by atoms with Crippen molar-refractivity contribution in [1.82, 2.24) is 9.97 Å². The lowest BCUT2D eigenvalue weighted by Gasteiger charge is -2.19. The number of nitrogens with zero attached hydrogens (tertiary/aromatic N) is 1. The number of carbonyl (C=O) groups excluding carboxylic acids is 2. The number of benzene rings is 3. The van der Waals surface area contributed by atoms with Gasteiger partial charge in [0.1, 0.15) is 17.3 Å². The normalized spacial score (nSPS) is 12.9. The second kappa shape index (κ2) is 5.28. The maximum absolute atomic E-state index is 12.9. The minimum atomic E-state index is -0.577. The molecule has 0 atom stereocenters. The van der Waals surface area contributed by atoms with E-state index in [4.69, 9.17) is 0 Å². The minimum absolute atomic E-state index is 0.0817. The van der Waals surface area contributed by atoms with Crippen LogP contribution in [0, 0.1) is 0 Å². The highest BCUT2D eigenvalue weighted by Crippen LogP contribution is 2.38. The molecule has 0 spiro atoms. The van der Waals surface area contributed by atoms with Crippen molar-refractivity contribution in [2.45, 2.75) is 0 Å². The summed E-state index contributed by atoms with van der Waals surface area (Å²) >= 11 is 0. The van der Waals surface area contributed by atoms with Crippen molar-refractivity contribution in [3.63, 3.8) is 0 Å². The highest BCUT2D eigenvalue weighted by atomic mass is 16.3. The second-order valence-electron chi connectivity index (χ2n) is 6.38. The van der Waals surface area contributed by atoms with E-state index < -0.39 is 11.6 Å². The Labute approximate surface area is 152 Å². The number of carbonyl (C=O) groups is 2. The van der Waals surface area contributed by atoms with E-state index >= 15 is 0 Å². The fraction of sp³-hybridized carbons (Fsp3) is 0. The van der Waals surface area contributed by atoms with Crippen molar-refractivity contribution in [2.75, 3.05) is 0 Å². The summed E-state index contributed by atoms with van der Waals surface area (Å²) in [4.78, 5) is 33.3. The van der Waals surface area contributed by atoms with Crippen LogP contribution in [0.4, 0.5) is 0 Å². The number of rotatable bonds is 1. The summed E-state index contributed by atoms with van der Waals surface area (Å²) in [6, 6.07) is 14.7. The van der Waals surface area contributed by atoms with Gasteiger partial charge in [-0.3, -0.25) is 9.59 Å². The molecule has 0 saturated heterocycles. The number of hydrogen-bond acceptors (Lipinski definition) is 5. The molecule has 1 aliphatic carbocycles. The fourth-order valence-electron chi connectivity index (χ4n) is 3.51. The zero-order valence-electron chi connectivity index (χ0n) is 13.9. The number of H-pyrrole nitrogens is 1. The maximum Gasteiger partial charge on any atom is 0.201 e. The Bertz CT molecular complexity index is 1250. The molecular formula is C21H12N2O4. The van der Waals surface area contributed by atoms with Crippen LogP contribution in [0.3, 0.4) is 0 Å². The number of nitrogens with one attached hydrogen (secondary N) is 1. The van der Waals surface area contributed by atoms with Crippen LogP contribution < -0.4 is 0 Å². The Morgan fingerprint density at radius 3 is 2.37 bits per heavy atom. The van der Waals surface area contributed by atoms with E-state index in [1.54, 1.807) is 6.07 Å². The molecule has 130 valence electrons. The van der Waals surface area contributed by atoms with Gasteiger partial charge in [0, 0.05) is 16.7 Å². The number of phenols is 2. The van der Waals surface area contributed by atoms with E-state index in [0.29, 0.717) is 11.4 Å². The van der Waals surface area contributed by atoms with Crippen molar-refractivity contribution < 1.29 is 19.8 Å². The molecule has 5 rings (SSSR count). The van der Waals surface area contributed by atoms with Gasteiger partial charge in [-0.05, 0) is 30.3 Å². The Morgan fingerprint density at radius 1 is 0.778 bits per heavy atom. The lowest BCUT2D eigenvalue weighted by molar-refractivity contribution is 0.0974. The van der Waals surface area contributed by atoms with Gasteiger partial charge in [0.25, 0.3) is 0 Å². The number of aromatic amines is 1. The van der Waals surface area contributed by atoms with Crippen LogP contribution in [-0.4, -0.2) is 31.7 Å². The summed E-state index contributed by atoms with van der Waals surface area (Å²) < 4.78 is 0. The largest absolute Gasteiger partial charge is 0.507 e. The second-order valence-corrected chi connectivity index (χ2v) is 6.38. The van der Waals surface area contributed by atoms with E-state index in [2.05, 4.69) is 9.97 Å². The standard InChI is InChI=1S/C21H12N2O4/c24-15-7-3-4-11-17(15)20(27)18-12(19(11)26)8-10(9-16(18)25)21-22-13-5-1-2-6-14(13)23-21/h1-9,24-25H,(H,22,23). The highest BCUT2D eigenvalue weighted by molar-refractivity contribution is 6.30. The molecular weight excluding hydrogens is 344 g/mol. The number of ketones is 2. The van der Waals surface area contributed by atoms with E-state index in [0.717, 1.165) is 11.0 Å². The Kier molecular flexibility index (Phi) is 3.00. The summed E-state index contributed by atoms with van der Waals surface area (Å²) in [5, 5.41) is 20.5. The number of aromatic hydroxyl groups is 2. The molecule has 1 aromatic heterocycles. The molecule has 4 aromatic rings. The van der Waals surface area contributed by atoms with Gasteiger partial charge in [0.2, 0.25) is 5.78 Å². The first-order valence-electron chi connectivity index (χ1n) is 8.28. The van der Waals surface area contributed by atoms with Gasteiger partial charge in [-0.15, -0.1) is 0 Å². The van der Waals surface area contributed by atoms with Crippen LogP contribution >= 0.6 is 0 Å². The topological polar surface area (TPSA) is 103 Å². The molecule has 0 unspecified atom stereocenters. The molecule has 1 aliphatic rings. The average Bonchev–Trinajstić information content (AvgIpc) is 3.09. The van der Waals surface area contributed by atoms with Crippen molar-refractivity contribution >= 4 is 22.6 Å². The smallest absolute Gasteiger partial charge is 0.201 e. The SMILES string of the molecule is O=C1c2cccc(O)c2C(=O)c2c(O)cc(-c3nc4ccccc4[nH]3)cc21. The fourth-order valence-corrected chi connectivity index (χ4v) is 3.51. The first kappa shape index (κ1) is 15.3. The predicted molar refractivity (Wildman–Crippen MR) is 98.2 cm³/mol. The quantitative estimate of drug-likeness (QED) is 0.427. The molecule has 0 bridgehead atoms. The van der Waals surface area contributed by atoms with Gasteiger partial charge < -0.3 is 15.2 Å². The number of para-hydroxylation sites is 2. The van der Waals surface area contributed by atoms with Crippen molar-refractivity contribution in [3.05, 3.63) is 76.9 Å². The molecule has 3 aromatic carbocycles. The molecule has 0 fully saturated rings. The number of fused-ring (bicyclic) bond motifs is 3. The van der Waals surface area contributed by atoms with Crippen molar-refractivity contribution in [2.24, 2.45) is 0 Å². The zero-order valence-corrected chi connectivity index (χ0v) is 13.9. The van der Waals surface area contributed by atoms with Crippen LogP contribution in [0.5, 0.6) is 11.5 Å². The Morgan fingerprint density at radius 2 is 1.56 bits per heavy atom. The summed E-state index contributed by atoms with van der Waals surface area (Å²) in [7, 11) is 0. The van der Waals surface area contributed by atoms with Gasteiger partial charge in [0.05, 0.1) is 22.2 Å². The predicted octanol–water partition coefficient (Wildman–Crippen LogP) is 3.42. The van der Waals surface area contributed by atoms with Crippen LogP contribution in [0.25, 0.3) is 22.4 Å². The highest BCUT2D eigenvalue weighted by Gasteiger charge is 2.34. The van der Waals surface area contributed by atoms with Gasteiger partial charge in [0.15, 0.2) is 5.78 Å². The third-order valence-corrected chi connectivity index (χ3v) is 4.77. The minimum Gasteiger partial charge on any atom is -0.507 e. The monoisotopic (exact) mass is 356 g/mol. The lowest BCUT2D eigenvalue weighted by Crippen LogP contribution is -2.21. The molecule has 6 heteroatoms. The van der Waals surface area contributed by atoms with Gasteiger partial charge in [-0.1, -0.05) is 24.3 Å².